The first kappa shape index (κ1) is 13.3. The Kier molecular flexibility index (Phi) is 3.64. The molecule has 100 valence electrons. The summed E-state index contributed by atoms with van der Waals surface area (Å²) in [5, 5.41) is 6.21. The number of nitrogens with one attached hydrogen (secondary N) is 2. The van der Waals surface area contributed by atoms with E-state index in [2.05, 4.69) is 58.5 Å². The molecule has 0 unspecified atom stereocenters. The van der Waals surface area contributed by atoms with Crippen LogP contribution in [0.4, 0.5) is 17.6 Å². The third-order valence-corrected chi connectivity index (χ3v) is 2.88. The maximum absolute atomic E-state index is 4.31. The molecule has 1 heterocycles. The lowest BCUT2D eigenvalue weighted by Gasteiger charge is -2.13. The predicted molar refractivity (Wildman–Crippen MR) is 78.0 cm³/mol. The van der Waals surface area contributed by atoms with Crippen LogP contribution in [0.5, 0.6) is 0 Å². The first-order chi connectivity index (χ1) is 8.99. The standard InChI is InChI=1S/C14H19N5/c1-8-6-9(2)12(10(3)7-8)18-14-17-11(4)16-13(15-5)19-14/h6-7H,1-5H3,(H2,15,16,17,18,19). The van der Waals surface area contributed by atoms with Crippen molar-refractivity contribution in [1.29, 1.82) is 0 Å². The Morgan fingerprint density at radius 1 is 0.842 bits per heavy atom. The van der Waals surface area contributed by atoms with Gasteiger partial charge in [0.15, 0.2) is 0 Å². The van der Waals surface area contributed by atoms with Gasteiger partial charge in [-0.25, -0.2) is 0 Å². The molecule has 5 heteroatoms. The van der Waals surface area contributed by atoms with Crippen LogP contribution in [0.3, 0.4) is 0 Å². The Bertz CT molecular complexity index is 584. The molecule has 0 aliphatic rings. The van der Waals surface area contributed by atoms with Gasteiger partial charge in [-0.3, -0.25) is 0 Å². The number of hydrogen-bond acceptors (Lipinski definition) is 5. The van der Waals surface area contributed by atoms with Crippen LogP contribution in [0.2, 0.25) is 0 Å². The maximum atomic E-state index is 4.31. The molecule has 0 spiro atoms. The minimum Gasteiger partial charge on any atom is -0.357 e. The van der Waals surface area contributed by atoms with Crippen LogP contribution >= 0.6 is 0 Å². The molecule has 2 N–H and O–H groups in total. The Morgan fingerprint density at radius 2 is 1.42 bits per heavy atom. The molecule has 0 fully saturated rings. The van der Waals surface area contributed by atoms with Crippen molar-refractivity contribution in [3.05, 3.63) is 34.6 Å². The van der Waals surface area contributed by atoms with Gasteiger partial charge >= 0.3 is 0 Å². The van der Waals surface area contributed by atoms with Crippen LogP contribution in [0, 0.1) is 27.7 Å². The molecule has 2 aromatic rings. The fraction of sp³-hybridized carbons (Fsp3) is 0.357. The molecule has 2 rings (SSSR count). The summed E-state index contributed by atoms with van der Waals surface area (Å²) >= 11 is 0. The lowest BCUT2D eigenvalue weighted by Crippen LogP contribution is -2.06. The van der Waals surface area contributed by atoms with Crippen LogP contribution in [-0.2, 0) is 0 Å². The molecule has 19 heavy (non-hydrogen) atoms. The first-order valence-electron chi connectivity index (χ1n) is 6.25. The molecule has 0 radical (unpaired) electrons. The van der Waals surface area contributed by atoms with Crippen LogP contribution < -0.4 is 10.6 Å². The van der Waals surface area contributed by atoms with Gasteiger partial charge in [-0.15, -0.1) is 0 Å². The highest BCUT2D eigenvalue weighted by molar-refractivity contribution is 5.64. The number of anilines is 3. The van der Waals surface area contributed by atoms with E-state index < -0.39 is 0 Å². The Labute approximate surface area is 113 Å². The van der Waals surface area contributed by atoms with Crippen molar-refractivity contribution >= 4 is 17.6 Å². The fourth-order valence-electron chi connectivity index (χ4n) is 2.14. The summed E-state index contributed by atoms with van der Waals surface area (Å²) in [5.74, 6) is 1.81. The topological polar surface area (TPSA) is 62.7 Å². The van der Waals surface area contributed by atoms with Gasteiger partial charge in [-0.2, -0.15) is 15.0 Å². The van der Waals surface area contributed by atoms with Crippen molar-refractivity contribution in [3.63, 3.8) is 0 Å². The van der Waals surface area contributed by atoms with E-state index in [0.717, 1.165) is 5.69 Å². The van der Waals surface area contributed by atoms with Gasteiger partial charge in [0.1, 0.15) is 5.82 Å². The van der Waals surface area contributed by atoms with Gasteiger partial charge in [-0.05, 0) is 38.8 Å². The van der Waals surface area contributed by atoms with E-state index in [-0.39, 0.29) is 0 Å². The van der Waals surface area contributed by atoms with Gasteiger partial charge in [0.05, 0.1) is 0 Å². The molecular weight excluding hydrogens is 238 g/mol. The fourth-order valence-corrected chi connectivity index (χ4v) is 2.14. The summed E-state index contributed by atoms with van der Waals surface area (Å²) in [6.45, 7) is 8.10. The average Bonchev–Trinajstić information content (AvgIpc) is 2.33. The zero-order valence-corrected chi connectivity index (χ0v) is 12.0. The largest absolute Gasteiger partial charge is 0.357 e. The van der Waals surface area contributed by atoms with E-state index in [1.54, 1.807) is 7.05 Å². The van der Waals surface area contributed by atoms with Gasteiger partial charge < -0.3 is 10.6 Å². The molecule has 0 amide bonds. The monoisotopic (exact) mass is 257 g/mol. The second-order valence-corrected chi connectivity index (χ2v) is 4.68. The summed E-state index contributed by atoms with van der Waals surface area (Å²) in [6, 6.07) is 4.28. The Morgan fingerprint density at radius 3 is 2.00 bits per heavy atom. The van der Waals surface area contributed by atoms with E-state index in [4.69, 9.17) is 0 Å². The number of rotatable bonds is 3. The minimum absolute atomic E-state index is 0.562. The van der Waals surface area contributed by atoms with Gasteiger partial charge in [0.25, 0.3) is 0 Å². The predicted octanol–water partition coefficient (Wildman–Crippen LogP) is 2.89. The van der Waals surface area contributed by atoms with Crippen LogP contribution in [0.15, 0.2) is 12.1 Å². The molecule has 0 aliphatic heterocycles. The van der Waals surface area contributed by atoms with E-state index >= 15 is 0 Å². The lowest BCUT2D eigenvalue weighted by molar-refractivity contribution is 0.983. The summed E-state index contributed by atoms with van der Waals surface area (Å²) in [4.78, 5) is 12.8. The Balaban J connectivity index is 2.39. The van der Waals surface area contributed by atoms with Gasteiger partial charge in [0.2, 0.25) is 11.9 Å². The highest BCUT2D eigenvalue weighted by Gasteiger charge is 2.07. The molecular formula is C14H19N5. The quantitative estimate of drug-likeness (QED) is 0.885. The van der Waals surface area contributed by atoms with Crippen LogP contribution in [0.25, 0.3) is 0 Å². The summed E-state index contributed by atoms with van der Waals surface area (Å²) in [5.41, 5.74) is 4.67. The molecule has 0 aliphatic carbocycles. The first-order valence-corrected chi connectivity index (χ1v) is 6.25. The van der Waals surface area contributed by atoms with E-state index in [1.807, 2.05) is 6.92 Å². The number of nitrogens with zero attached hydrogens (tertiary/aromatic N) is 3. The van der Waals surface area contributed by atoms with Crippen molar-refractivity contribution in [3.8, 4) is 0 Å². The smallest absolute Gasteiger partial charge is 0.232 e. The summed E-state index contributed by atoms with van der Waals surface area (Å²) in [6.07, 6.45) is 0. The highest BCUT2D eigenvalue weighted by atomic mass is 15.2. The van der Waals surface area contributed by atoms with Crippen LogP contribution in [-0.4, -0.2) is 22.0 Å². The molecule has 5 nitrogen and oxygen atoms in total. The normalized spacial score (nSPS) is 10.4. The summed E-state index contributed by atoms with van der Waals surface area (Å²) in [7, 11) is 1.79. The van der Waals surface area contributed by atoms with Crippen molar-refractivity contribution in [2.75, 3.05) is 17.7 Å². The Hall–Kier alpha value is -2.17. The SMILES string of the molecule is CNc1nc(C)nc(Nc2c(C)cc(C)cc2C)n1. The summed E-state index contributed by atoms with van der Waals surface area (Å²) < 4.78 is 0. The zero-order valence-electron chi connectivity index (χ0n) is 12.0. The van der Waals surface area contributed by atoms with Crippen molar-refractivity contribution in [2.24, 2.45) is 0 Å². The second-order valence-electron chi connectivity index (χ2n) is 4.68. The average molecular weight is 257 g/mol. The second kappa shape index (κ2) is 5.22. The van der Waals surface area contributed by atoms with Crippen molar-refractivity contribution in [2.45, 2.75) is 27.7 Å². The van der Waals surface area contributed by atoms with Crippen molar-refractivity contribution < 1.29 is 0 Å². The third kappa shape index (κ3) is 2.99. The molecule has 1 aromatic heterocycles. The lowest BCUT2D eigenvalue weighted by atomic mass is 10.1. The number of aromatic nitrogens is 3. The number of hydrogen-bond donors (Lipinski definition) is 2. The van der Waals surface area contributed by atoms with Gasteiger partial charge in [0, 0.05) is 12.7 Å². The number of aryl methyl sites for hydroxylation is 4. The third-order valence-electron chi connectivity index (χ3n) is 2.88. The minimum atomic E-state index is 0.562. The van der Waals surface area contributed by atoms with E-state index in [0.29, 0.717) is 17.7 Å². The van der Waals surface area contributed by atoms with E-state index in [1.165, 1.54) is 16.7 Å². The molecule has 0 bridgehead atoms. The van der Waals surface area contributed by atoms with Crippen LogP contribution in [0.1, 0.15) is 22.5 Å². The molecule has 1 aromatic carbocycles. The zero-order chi connectivity index (χ0) is 14.0. The molecule has 0 atom stereocenters. The number of benzene rings is 1. The molecule has 0 saturated carbocycles. The van der Waals surface area contributed by atoms with E-state index in [9.17, 15) is 0 Å². The highest BCUT2D eigenvalue weighted by Crippen LogP contribution is 2.24. The maximum Gasteiger partial charge on any atom is 0.232 e. The molecule has 0 saturated heterocycles. The van der Waals surface area contributed by atoms with Crippen molar-refractivity contribution in [1.82, 2.24) is 15.0 Å². The van der Waals surface area contributed by atoms with Gasteiger partial charge in [-0.1, -0.05) is 17.7 Å².